The molecular formula is C11H10N2O2S2. The second-order valence-electron chi connectivity index (χ2n) is 3.32. The van der Waals surface area contributed by atoms with Crippen LogP contribution in [0, 0.1) is 0 Å². The van der Waals surface area contributed by atoms with Gasteiger partial charge in [-0.3, -0.25) is 4.79 Å². The van der Waals surface area contributed by atoms with Crippen LogP contribution in [0.3, 0.4) is 0 Å². The van der Waals surface area contributed by atoms with Crippen molar-refractivity contribution < 1.29 is 9.90 Å². The number of nitrogens with zero attached hydrogens (tertiary/aromatic N) is 2. The second kappa shape index (κ2) is 5.79. The molecule has 0 aliphatic carbocycles. The molecule has 1 N–H and O–H groups in total. The highest BCUT2D eigenvalue weighted by Gasteiger charge is 2.07. The lowest BCUT2D eigenvalue weighted by Crippen LogP contribution is -1.97. The summed E-state index contributed by atoms with van der Waals surface area (Å²) in [5.74, 6) is -0.0659. The zero-order valence-electron chi connectivity index (χ0n) is 8.87. The molecule has 2 aromatic rings. The fourth-order valence-electron chi connectivity index (χ4n) is 1.27. The van der Waals surface area contributed by atoms with E-state index in [-0.39, 0.29) is 5.75 Å². The molecule has 6 heteroatoms. The highest BCUT2D eigenvalue weighted by molar-refractivity contribution is 8.01. The zero-order chi connectivity index (χ0) is 12.1. The Kier molecular flexibility index (Phi) is 4.11. The van der Waals surface area contributed by atoms with E-state index in [1.54, 1.807) is 0 Å². The molecule has 0 unspecified atom stereocenters. The summed E-state index contributed by atoms with van der Waals surface area (Å²) in [5, 5.41) is 8.55. The number of rotatable bonds is 5. The minimum Gasteiger partial charge on any atom is -0.481 e. The molecule has 0 aliphatic rings. The maximum Gasteiger partial charge on any atom is 0.313 e. The van der Waals surface area contributed by atoms with Gasteiger partial charge in [-0.05, 0) is 17.1 Å². The minimum absolute atomic E-state index is 0.0277. The van der Waals surface area contributed by atoms with Crippen molar-refractivity contribution in [3.05, 3.63) is 41.7 Å². The Morgan fingerprint density at radius 3 is 2.82 bits per heavy atom. The molecule has 88 valence electrons. The first-order valence-corrected chi connectivity index (χ1v) is 6.71. The van der Waals surface area contributed by atoms with Gasteiger partial charge < -0.3 is 5.11 Å². The lowest BCUT2D eigenvalue weighted by atomic mass is 10.1. The van der Waals surface area contributed by atoms with Gasteiger partial charge in [0.15, 0.2) is 4.34 Å². The molecule has 0 aliphatic heterocycles. The average Bonchev–Trinajstić information content (AvgIpc) is 2.75. The largest absolute Gasteiger partial charge is 0.481 e. The molecule has 0 radical (unpaired) electrons. The number of aliphatic carboxylic acids is 1. The number of carbonyl (C=O) groups is 1. The number of benzene rings is 1. The summed E-state index contributed by atoms with van der Waals surface area (Å²) in [5.41, 5.74) is 1.15. The quantitative estimate of drug-likeness (QED) is 0.841. The van der Waals surface area contributed by atoms with E-state index in [4.69, 9.17) is 5.11 Å². The van der Waals surface area contributed by atoms with Crippen LogP contribution < -0.4 is 0 Å². The van der Waals surface area contributed by atoms with Gasteiger partial charge in [0.05, 0.1) is 5.75 Å². The van der Waals surface area contributed by atoms with Crippen LogP contribution in [0.4, 0.5) is 0 Å². The summed E-state index contributed by atoms with van der Waals surface area (Å²) in [6.45, 7) is 0. The van der Waals surface area contributed by atoms with Crippen LogP contribution in [-0.4, -0.2) is 26.2 Å². The standard InChI is InChI=1S/C11H10N2O2S2/c14-10(15)7-16-11-12-9(13-17-11)6-8-4-2-1-3-5-8/h1-5H,6-7H2,(H,14,15). The molecule has 0 saturated carbocycles. The zero-order valence-corrected chi connectivity index (χ0v) is 10.5. The smallest absolute Gasteiger partial charge is 0.313 e. The molecule has 0 fully saturated rings. The minimum atomic E-state index is -0.838. The summed E-state index contributed by atoms with van der Waals surface area (Å²) in [6, 6.07) is 9.95. The van der Waals surface area contributed by atoms with Gasteiger partial charge in [0, 0.05) is 6.42 Å². The van der Waals surface area contributed by atoms with Crippen molar-refractivity contribution in [2.45, 2.75) is 10.8 Å². The molecule has 0 saturated heterocycles. The summed E-state index contributed by atoms with van der Waals surface area (Å²) in [7, 11) is 0. The normalized spacial score (nSPS) is 10.4. The highest BCUT2D eigenvalue weighted by Crippen LogP contribution is 2.20. The topological polar surface area (TPSA) is 63.1 Å². The van der Waals surface area contributed by atoms with Crippen molar-refractivity contribution >= 4 is 29.3 Å². The van der Waals surface area contributed by atoms with Gasteiger partial charge in [-0.1, -0.05) is 42.1 Å². The number of aromatic nitrogens is 2. The van der Waals surface area contributed by atoms with Crippen LogP contribution in [0.1, 0.15) is 11.4 Å². The Balaban J connectivity index is 1.97. The summed E-state index contributed by atoms with van der Waals surface area (Å²) < 4.78 is 4.91. The first kappa shape index (κ1) is 12.1. The Morgan fingerprint density at radius 2 is 2.12 bits per heavy atom. The third-order valence-electron chi connectivity index (χ3n) is 1.97. The second-order valence-corrected chi connectivity index (χ2v) is 5.30. The molecule has 0 spiro atoms. The maximum absolute atomic E-state index is 10.4. The van der Waals surface area contributed by atoms with Crippen LogP contribution in [0.5, 0.6) is 0 Å². The van der Waals surface area contributed by atoms with Gasteiger partial charge in [-0.2, -0.15) is 4.37 Å². The van der Waals surface area contributed by atoms with Gasteiger partial charge in [0.2, 0.25) is 0 Å². The van der Waals surface area contributed by atoms with Crippen molar-refractivity contribution in [1.82, 2.24) is 9.36 Å². The van der Waals surface area contributed by atoms with Crippen molar-refractivity contribution in [2.24, 2.45) is 0 Å². The molecule has 2 rings (SSSR count). The Bertz CT molecular complexity index is 499. The SMILES string of the molecule is O=C(O)CSc1nc(Cc2ccccc2)ns1. The van der Waals surface area contributed by atoms with E-state index in [0.29, 0.717) is 10.8 Å². The van der Waals surface area contributed by atoms with Crippen molar-refractivity contribution in [3.63, 3.8) is 0 Å². The Labute approximate surface area is 107 Å². The predicted octanol–water partition coefficient (Wildman–Crippen LogP) is 2.31. The fraction of sp³-hybridized carbons (Fsp3) is 0.182. The predicted molar refractivity (Wildman–Crippen MR) is 67.5 cm³/mol. The first-order valence-electron chi connectivity index (χ1n) is 4.95. The van der Waals surface area contributed by atoms with E-state index >= 15 is 0 Å². The van der Waals surface area contributed by atoms with E-state index in [2.05, 4.69) is 9.36 Å². The van der Waals surface area contributed by atoms with Crippen LogP contribution in [0.2, 0.25) is 0 Å². The fourth-order valence-corrected chi connectivity index (χ4v) is 2.62. The summed E-state index contributed by atoms with van der Waals surface area (Å²) in [4.78, 5) is 14.7. The molecule has 1 heterocycles. The average molecular weight is 266 g/mol. The third-order valence-corrected chi connectivity index (χ3v) is 3.83. The first-order chi connectivity index (χ1) is 8.24. The van der Waals surface area contributed by atoms with Crippen LogP contribution in [0.25, 0.3) is 0 Å². The van der Waals surface area contributed by atoms with Crippen molar-refractivity contribution in [3.8, 4) is 0 Å². The molecule has 0 amide bonds. The molecule has 1 aromatic carbocycles. The number of carboxylic acids is 1. The molecule has 4 nitrogen and oxygen atoms in total. The lowest BCUT2D eigenvalue weighted by Gasteiger charge is -1.95. The lowest BCUT2D eigenvalue weighted by molar-refractivity contribution is -0.133. The van der Waals surface area contributed by atoms with Crippen molar-refractivity contribution in [2.75, 3.05) is 5.75 Å². The number of hydrogen-bond donors (Lipinski definition) is 1. The monoisotopic (exact) mass is 266 g/mol. The molecular weight excluding hydrogens is 256 g/mol. The van der Waals surface area contributed by atoms with Gasteiger partial charge in [0.1, 0.15) is 5.82 Å². The summed E-state index contributed by atoms with van der Waals surface area (Å²) in [6.07, 6.45) is 0.685. The van der Waals surface area contributed by atoms with E-state index in [9.17, 15) is 4.79 Å². The van der Waals surface area contributed by atoms with Crippen LogP contribution in [-0.2, 0) is 11.2 Å². The number of carboxylic acid groups (broad SMARTS) is 1. The number of hydrogen-bond acceptors (Lipinski definition) is 5. The molecule has 17 heavy (non-hydrogen) atoms. The van der Waals surface area contributed by atoms with Gasteiger partial charge in [-0.25, -0.2) is 4.98 Å². The molecule has 0 atom stereocenters. The summed E-state index contributed by atoms with van der Waals surface area (Å²) >= 11 is 2.45. The van der Waals surface area contributed by atoms with Gasteiger partial charge in [0.25, 0.3) is 0 Å². The van der Waals surface area contributed by atoms with Gasteiger partial charge in [-0.15, -0.1) is 0 Å². The Hall–Kier alpha value is -1.40. The van der Waals surface area contributed by atoms with Crippen molar-refractivity contribution in [1.29, 1.82) is 0 Å². The third kappa shape index (κ3) is 3.83. The van der Waals surface area contributed by atoms with Crippen LogP contribution >= 0.6 is 23.3 Å². The van der Waals surface area contributed by atoms with E-state index < -0.39 is 5.97 Å². The van der Waals surface area contributed by atoms with E-state index in [1.807, 2.05) is 30.3 Å². The van der Waals surface area contributed by atoms with Gasteiger partial charge >= 0.3 is 5.97 Å². The molecule has 1 aromatic heterocycles. The number of thioether (sulfide) groups is 1. The van der Waals surface area contributed by atoms with Crippen LogP contribution in [0.15, 0.2) is 34.7 Å². The highest BCUT2D eigenvalue weighted by atomic mass is 32.2. The van der Waals surface area contributed by atoms with E-state index in [1.165, 1.54) is 23.3 Å². The maximum atomic E-state index is 10.4. The Morgan fingerprint density at radius 1 is 1.35 bits per heavy atom. The molecule has 0 bridgehead atoms. The van der Waals surface area contributed by atoms with E-state index in [0.717, 1.165) is 11.4 Å².